The highest BCUT2D eigenvalue weighted by Crippen LogP contribution is 2.28. The Morgan fingerprint density at radius 2 is 2.00 bits per heavy atom. The predicted octanol–water partition coefficient (Wildman–Crippen LogP) is 2.18. The summed E-state index contributed by atoms with van der Waals surface area (Å²) >= 11 is 0. The summed E-state index contributed by atoms with van der Waals surface area (Å²) in [4.78, 5) is 17.5. The van der Waals surface area contributed by atoms with Gasteiger partial charge in [0.1, 0.15) is 6.33 Å². The summed E-state index contributed by atoms with van der Waals surface area (Å²) in [5.74, 6) is -0.107. The molecule has 106 valence electrons. The first-order valence-corrected chi connectivity index (χ1v) is 5.33. The smallest absolute Gasteiger partial charge is 0.367 e. The summed E-state index contributed by atoms with van der Waals surface area (Å²) in [7, 11) is 1.45. The SMILES string of the molecule is CNc1ncnc(NCCCC(F)(F)F)c1[N+](=O)[O-]. The molecule has 0 saturated heterocycles. The van der Waals surface area contributed by atoms with Crippen molar-refractivity contribution in [2.24, 2.45) is 0 Å². The van der Waals surface area contributed by atoms with Gasteiger partial charge in [-0.3, -0.25) is 10.1 Å². The van der Waals surface area contributed by atoms with Crippen LogP contribution in [0.5, 0.6) is 0 Å². The molecule has 0 unspecified atom stereocenters. The zero-order chi connectivity index (χ0) is 14.5. The molecule has 0 bridgehead atoms. The fourth-order valence-corrected chi connectivity index (χ4v) is 1.36. The van der Waals surface area contributed by atoms with E-state index in [4.69, 9.17) is 0 Å². The standard InChI is InChI=1S/C9H12F3N5O2/c1-13-7-6(17(18)19)8(16-5-15-7)14-4-2-3-9(10,11)12/h5H,2-4H2,1H3,(H2,13,14,15,16). The molecule has 0 spiro atoms. The number of hydrogen-bond acceptors (Lipinski definition) is 6. The van der Waals surface area contributed by atoms with E-state index in [2.05, 4.69) is 20.6 Å². The molecule has 0 atom stereocenters. The molecular formula is C9H12F3N5O2. The lowest BCUT2D eigenvalue weighted by molar-refractivity contribution is -0.383. The molecule has 0 aliphatic rings. The number of nitrogens with one attached hydrogen (secondary N) is 2. The van der Waals surface area contributed by atoms with Gasteiger partial charge in [0.2, 0.25) is 11.6 Å². The van der Waals surface area contributed by atoms with E-state index in [-0.39, 0.29) is 24.6 Å². The van der Waals surface area contributed by atoms with Gasteiger partial charge in [-0.1, -0.05) is 0 Å². The van der Waals surface area contributed by atoms with Gasteiger partial charge in [-0.15, -0.1) is 0 Å². The van der Waals surface area contributed by atoms with E-state index in [0.29, 0.717) is 0 Å². The number of rotatable bonds is 6. The average Bonchev–Trinajstić information content (AvgIpc) is 2.32. The summed E-state index contributed by atoms with van der Waals surface area (Å²) in [5.41, 5.74) is -0.392. The number of halogens is 3. The molecule has 0 radical (unpaired) electrons. The molecule has 1 heterocycles. The zero-order valence-corrected chi connectivity index (χ0v) is 9.99. The van der Waals surface area contributed by atoms with Gasteiger partial charge in [0.15, 0.2) is 0 Å². The van der Waals surface area contributed by atoms with Crippen molar-refractivity contribution in [1.29, 1.82) is 0 Å². The molecule has 0 aromatic carbocycles. The van der Waals surface area contributed by atoms with Gasteiger partial charge < -0.3 is 10.6 Å². The van der Waals surface area contributed by atoms with Crippen LogP contribution < -0.4 is 10.6 Å². The zero-order valence-electron chi connectivity index (χ0n) is 9.99. The van der Waals surface area contributed by atoms with E-state index in [1.54, 1.807) is 0 Å². The number of anilines is 2. The Hall–Kier alpha value is -2.13. The first kappa shape index (κ1) is 14.9. The average molecular weight is 279 g/mol. The molecule has 1 aromatic heterocycles. The van der Waals surface area contributed by atoms with Gasteiger partial charge in [0.25, 0.3) is 0 Å². The van der Waals surface area contributed by atoms with Crippen LogP contribution in [0.4, 0.5) is 30.5 Å². The van der Waals surface area contributed by atoms with Crippen LogP contribution in [0.15, 0.2) is 6.33 Å². The summed E-state index contributed by atoms with van der Waals surface area (Å²) < 4.78 is 35.8. The fraction of sp³-hybridized carbons (Fsp3) is 0.556. The Labute approximate surface area is 106 Å². The maximum absolute atomic E-state index is 11.9. The Morgan fingerprint density at radius 3 is 2.53 bits per heavy atom. The van der Waals surface area contributed by atoms with Crippen LogP contribution in [0.25, 0.3) is 0 Å². The molecule has 0 amide bonds. The van der Waals surface area contributed by atoms with E-state index in [9.17, 15) is 23.3 Å². The second kappa shape index (κ2) is 6.16. The van der Waals surface area contributed by atoms with Gasteiger partial charge in [-0.25, -0.2) is 9.97 Å². The molecular weight excluding hydrogens is 267 g/mol. The maximum Gasteiger partial charge on any atom is 0.389 e. The Kier molecular flexibility index (Phi) is 4.84. The van der Waals surface area contributed by atoms with Crippen molar-refractivity contribution < 1.29 is 18.1 Å². The molecule has 19 heavy (non-hydrogen) atoms. The van der Waals surface area contributed by atoms with Crippen molar-refractivity contribution in [3.63, 3.8) is 0 Å². The van der Waals surface area contributed by atoms with Gasteiger partial charge in [-0.2, -0.15) is 13.2 Å². The Bertz CT molecular complexity index is 452. The van der Waals surface area contributed by atoms with Crippen LogP contribution >= 0.6 is 0 Å². The minimum absolute atomic E-state index is 0.00155. The Balaban J connectivity index is 2.70. The van der Waals surface area contributed by atoms with Gasteiger partial charge in [-0.05, 0) is 6.42 Å². The Morgan fingerprint density at radius 1 is 1.37 bits per heavy atom. The highest BCUT2D eigenvalue weighted by atomic mass is 19.4. The third kappa shape index (κ3) is 4.56. The summed E-state index contributed by atoms with van der Waals surface area (Å²) in [5, 5.41) is 15.9. The molecule has 7 nitrogen and oxygen atoms in total. The van der Waals surface area contributed by atoms with E-state index >= 15 is 0 Å². The normalized spacial score (nSPS) is 11.2. The third-order valence-corrected chi connectivity index (χ3v) is 2.17. The number of hydrogen-bond donors (Lipinski definition) is 2. The number of aromatic nitrogens is 2. The fourth-order valence-electron chi connectivity index (χ4n) is 1.36. The first-order valence-electron chi connectivity index (χ1n) is 5.33. The van der Waals surface area contributed by atoms with Crippen molar-refractivity contribution in [2.45, 2.75) is 19.0 Å². The topological polar surface area (TPSA) is 93.0 Å². The van der Waals surface area contributed by atoms with Crippen molar-refractivity contribution in [1.82, 2.24) is 9.97 Å². The van der Waals surface area contributed by atoms with E-state index in [1.165, 1.54) is 7.05 Å². The lowest BCUT2D eigenvalue weighted by Gasteiger charge is -2.09. The molecule has 0 aliphatic carbocycles. The molecule has 1 aromatic rings. The van der Waals surface area contributed by atoms with Gasteiger partial charge in [0.05, 0.1) is 4.92 Å². The van der Waals surface area contributed by atoms with Crippen LogP contribution in [0, 0.1) is 10.1 Å². The maximum atomic E-state index is 11.9. The molecule has 0 fully saturated rings. The van der Waals surface area contributed by atoms with E-state index < -0.39 is 23.2 Å². The molecule has 0 saturated carbocycles. The molecule has 0 aliphatic heterocycles. The highest BCUT2D eigenvalue weighted by molar-refractivity contribution is 5.68. The summed E-state index contributed by atoms with van der Waals surface area (Å²) in [6, 6.07) is 0. The predicted molar refractivity (Wildman–Crippen MR) is 62.0 cm³/mol. The van der Waals surface area contributed by atoms with Crippen molar-refractivity contribution in [3.8, 4) is 0 Å². The van der Waals surface area contributed by atoms with E-state index in [0.717, 1.165) is 6.33 Å². The lowest BCUT2D eigenvalue weighted by atomic mass is 10.3. The molecule has 2 N–H and O–H groups in total. The van der Waals surface area contributed by atoms with Crippen molar-refractivity contribution in [3.05, 3.63) is 16.4 Å². The summed E-state index contributed by atoms with van der Waals surface area (Å²) in [6.45, 7) is -0.0689. The molecule has 1 rings (SSSR count). The van der Waals surface area contributed by atoms with Crippen LogP contribution in [-0.4, -0.2) is 34.7 Å². The van der Waals surface area contributed by atoms with Crippen molar-refractivity contribution in [2.75, 3.05) is 24.2 Å². The third-order valence-electron chi connectivity index (χ3n) is 2.17. The quantitative estimate of drug-likeness (QED) is 0.471. The highest BCUT2D eigenvalue weighted by Gasteiger charge is 2.26. The number of nitro groups is 1. The van der Waals surface area contributed by atoms with Crippen LogP contribution in [0.1, 0.15) is 12.8 Å². The van der Waals surface area contributed by atoms with Gasteiger partial charge >= 0.3 is 11.9 Å². The lowest BCUT2D eigenvalue weighted by Crippen LogP contribution is -2.13. The summed E-state index contributed by atoms with van der Waals surface area (Å²) in [6.07, 6.45) is -4.31. The monoisotopic (exact) mass is 279 g/mol. The van der Waals surface area contributed by atoms with Gasteiger partial charge in [0, 0.05) is 20.0 Å². The second-order valence-electron chi connectivity index (χ2n) is 3.57. The first-order chi connectivity index (χ1) is 8.85. The number of alkyl halides is 3. The largest absolute Gasteiger partial charge is 0.389 e. The second-order valence-corrected chi connectivity index (χ2v) is 3.57. The minimum atomic E-state index is -4.24. The van der Waals surface area contributed by atoms with Crippen LogP contribution in [0.2, 0.25) is 0 Å². The molecule has 10 heteroatoms. The minimum Gasteiger partial charge on any atom is -0.367 e. The van der Waals surface area contributed by atoms with Crippen molar-refractivity contribution >= 4 is 17.3 Å². The van der Waals surface area contributed by atoms with E-state index in [1.807, 2.05) is 0 Å². The van der Waals surface area contributed by atoms with Crippen LogP contribution in [0.3, 0.4) is 0 Å². The van der Waals surface area contributed by atoms with Crippen LogP contribution in [-0.2, 0) is 0 Å². The number of nitrogens with zero attached hydrogens (tertiary/aromatic N) is 3.